The van der Waals surface area contributed by atoms with E-state index in [2.05, 4.69) is 15.3 Å². The van der Waals surface area contributed by atoms with E-state index in [0.717, 1.165) is 17.7 Å². The van der Waals surface area contributed by atoms with Gasteiger partial charge in [-0.2, -0.15) is 0 Å². The van der Waals surface area contributed by atoms with E-state index in [1.807, 2.05) is 13.8 Å². The fourth-order valence-electron chi connectivity index (χ4n) is 3.68. The first kappa shape index (κ1) is 17.8. The van der Waals surface area contributed by atoms with Gasteiger partial charge in [0, 0.05) is 29.0 Å². The van der Waals surface area contributed by atoms with Gasteiger partial charge in [-0.1, -0.05) is 13.8 Å². The van der Waals surface area contributed by atoms with Gasteiger partial charge in [-0.25, -0.2) is 4.98 Å². The molecule has 0 saturated carbocycles. The number of rotatable bonds is 2. The molecule has 27 heavy (non-hydrogen) atoms. The number of Topliss-reactive ketones (excluding diaryl/α,β-unsaturated/α-hetero) is 2. The molecule has 2 aromatic heterocycles. The Balaban J connectivity index is 1.63. The molecule has 2 aliphatic rings. The zero-order valence-electron chi connectivity index (χ0n) is 15.1. The summed E-state index contributed by atoms with van der Waals surface area (Å²) in [5, 5.41) is 2.90. The Morgan fingerprint density at radius 2 is 1.96 bits per heavy atom. The monoisotopic (exact) mass is 385 g/mol. The molecule has 2 N–H and O–H groups in total. The average molecular weight is 385 g/mol. The maximum absolute atomic E-state index is 12.6. The van der Waals surface area contributed by atoms with Gasteiger partial charge in [0.25, 0.3) is 11.5 Å². The Kier molecular flexibility index (Phi) is 4.10. The molecular formula is C19H19N3O4S. The number of H-pyrrole nitrogens is 1. The molecule has 2 heterocycles. The van der Waals surface area contributed by atoms with Crippen molar-refractivity contribution in [3.05, 3.63) is 43.8 Å². The topological polar surface area (TPSA) is 109 Å². The summed E-state index contributed by atoms with van der Waals surface area (Å²) in [7, 11) is 0. The minimum Gasteiger partial charge on any atom is -0.325 e. The molecule has 4 rings (SSSR count). The van der Waals surface area contributed by atoms with Crippen LogP contribution in [0, 0.1) is 5.41 Å². The summed E-state index contributed by atoms with van der Waals surface area (Å²) < 4.78 is 0. The van der Waals surface area contributed by atoms with E-state index in [0.29, 0.717) is 41.3 Å². The van der Waals surface area contributed by atoms with Gasteiger partial charge in [0.05, 0.1) is 0 Å². The van der Waals surface area contributed by atoms with Crippen LogP contribution in [-0.2, 0) is 12.8 Å². The second-order valence-corrected chi connectivity index (χ2v) is 8.95. The number of ketones is 2. The van der Waals surface area contributed by atoms with E-state index in [1.54, 1.807) is 0 Å². The molecule has 2 aliphatic carbocycles. The summed E-state index contributed by atoms with van der Waals surface area (Å²) >= 11 is 1.25. The summed E-state index contributed by atoms with van der Waals surface area (Å²) in [4.78, 5) is 57.0. The van der Waals surface area contributed by atoms with Crippen LogP contribution in [0.2, 0.25) is 0 Å². The molecule has 0 aliphatic heterocycles. The second kappa shape index (κ2) is 6.23. The standard InChI is InChI=1S/C19H19N3O4S/c1-19(2)7-11-9(13(24)8-19)6-10(16(25)20-11)17(26)22-18-21-15-12(23)4-3-5-14(15)27-18/h6H,3-5,7-8H2,1-2H3,(H,20,25)(H,21,22,26). The molecule has 8 heteroatoms. The third-order valence-electron chi connectivity index (χ3n) is 4.95. The first-order chi connectivity index (χ1) is 12.7. The lowest BCUT2D eigenvalue weighted by Crippen LogP contribution is -2.32. The van der Waals surface area contributed by atoms with Gasteiger partial charge in [0.2, 0.25) is 0 Å². The zero-order valence-corrected chi connectivity index (χ0v) is 15.9. The number of anilines is 1. The molecule has 140 valence electrons. The van der Waals surface area contributed by atoms with Crippen LogP contribution in [0.15, 0.2) is 10.9 Å². The smallest absolute Gasteiger partial charge is 0.263 e. The fourth-order valence-corrected chi connectivity index (χ4v) is 4.70. The first-order valence-electron chi connectivity index (χ1n) is 8.87. The predicted molar refractivity (Wildman–Crippen MR) is 101 cm³/mol. The lowest BCUT2D eigenvalue weighted by atomic mass is 9.75. The highest BCUT2D eigenvalue weighted by Gasteiger charge is 2.33. The predicted octanol–water partition coefficient (Wildman–Crippen LogP) is 2.76. The number of carbonyl (C=O) groups is 3. The molecule has 0 radical (unpaired) electrons. The lowest BCUT2D eigenvalue weighted by Gasteiger charge is -2.29. The van der Waals surface area contributed by atoms with Gasteiger partial charge in [-0.3, -0.25) is 24.5 Å². The van der Waals surface area contributed by atoms with Crippen LogP contribution in [0.4, 0.5) is 5.13 Å². The van der Waals surface area contributed by atoms with Crippen LogP contribution in [0.5, 0.6) is 0 Å². The Bertz CT molecular complexity index is 1050. The Morgan fingerprint density at radius 1 is 1.19 bits per heavy atom. The third-order valence-corrected chi connectivity index (χ3v) is 5.98. The normalized spacial score (nSPS) is 18.0. The zero-order chi connectivity index (χ0) is 19.3. The highest BCUT2D eigenvalue weighted by Crippen LogP contribution is 2.33. The number of aryl methyl sites for hydroxylation is 1. The largest absolute Gasteiger partial charge is 0.325 e. The summed E-state index contributed by atoms with van der Waals surface area (Å²) in [6.45, 7) is 3.94. The van der Waals surface area contributed by atoms with E-state index in [9.17, 15) is 19.2 Å². The van der Waals surface area contributed by atoms with Crippen LogP contribution < -0.4 is 10.9 Å². The number of pyridine rings is 1. The lowest BCUT2D eigenvalue weighted by molar-refractivity contribution is 0.0908. The summed E-state index contributed by atoms with van der Waals surface area (Å²) in [5.41, 5.74) is 0.512. The van der Waals surface area contributed by atoms with Gasteiger partial charge in [0.1, 0.15) is 11.3 Å². The summed E-state index contributed by atoms with van der Waals surface area (Å²) in [5.74, 6) is -0.732. The minimum absolute atomic E-state index is 0.0205. The van der Waals surface area contributed by atoms with Crippen molar-refractivity contribution < 1.29 is 14.4 Å². The Hall–Kier alpha value is -2.61. The van der Waals surface area contributed by atoms with Gasteiger partial charge < -0.3 is 4.98 Å². The van der Waals surface area contributed by atoms with Crippen LogP contribution in [0.1, 0.15) is 74.9 Å². The molecule has 0 unspecified atom stereocenters. The van der Waals surface area contributed by atoms with Gasteiger partial charge in [-0.05, 0) is 30.7 Å². The van der Waals surface area contributed by atoms with Crippen molar-refractivity contribution in [3.8, 4) is 0 Å². The molecule has 0 atom stereocenters. The molecule has 7 nitrogen and oxygen atoms in total. The number of carbonyl (C=O) groups excluding carboxylic acids is 3. The molecule has 0 bridgehead atoms. The molecule has 0 spiro atoms. The highest BCUT2D eigenvalue weighted by atomic mass is 32.1. The van der Waals surface area contributed by atoms with Crippen LogP contribution in [-0.4, -0.2) is 27.4 Å². The fraction of sp³-hybridized carbons (Fsp3) is 0.421. The summed E-state index contributed by atoms with van der Waals surface area (Å²) in [6.07, 6.45) is 2.96. The van der Waals surface area contributed by atoms with Crippen LogP contribution >= 0.6 is 11.3 Å². The number of hydrogen-bond donors (Lipinski definition) is 2. The first-order valence-corrected chi connectivity index (χ1v) is 9.69. The number of fused-ring (bicyclic) bond motifs is 2. The maximum Gasteiger partial charge on any atom is 0.263 e. The molecule has 1 amide bonds. The van der Waals surface area contributed by atoms with Crippen molar-refractivity contribution in [1.29, 1.82) is 0 Å². The quantitative estimate of drug-likeness (QED) is 0.826. The Morgan fingerprint density at radius 3 is 2.70 bits per heavy atom. The van der Waals surface area contributed by atoms with E-state index in [4.69, 9.17) is 0 Å². The number of thiazole rings is 1. The maximum atomic E-state index is 12.6. The average Bonchev–Trinajstić information content (AvgIpc) is 2.97. The van der Waals surface area contributed by atoms with Crippen molar-refractivity contribution in [2.75, 3.05) is 5.32 Å². The minimum atomic E-state index is -0.629. The van der Waals surface area contributed by atoms with Crippen LogP contribution in [0.3, 0.4) is 0 Å². The van der Waals surface area contributed by atoms with Crippen LogP contribution in [0.25, 0.3) is 0 Å². The number of aromatic amines is 1. The van der Waals surface area contributed by atoms with Gasteiger partial charge in [0.15, 0.2) is 16.7 Å². The number of aromatic nitrogens is 2. The Labute approximate surface area is 159 Å². The van der Waals surface area contributed by atoms with E-state index in [-0.39, 0.29) is 22.5 Å². The van der Waals surface area contributed by atoms with Crippen molar-refractivity contribution in [2.45, 2.75) is 46.0 Å². The van der Waals surface area contributed by atoms with Crippen molar-refractivity contribution in [1.82, 2.24) is 9.97 Å². The van der Waals surface area contributed by atoms with Gasteiger partial charge in [-0.15, -0.1) is 11.3 Å². The van der Waals surface area contributed by atoms with E-state index in [1.165, 1.54) is 17.4 Å². The van der Waals surface area contributed by atoms with E-state index < -0.39 is 11.5 Å². The van der Waals surface area contributed by atoms with E-state index >= 15 is 0 Å². The molecule has 0 fully saturated rings. The number of nitrogens with one attached hydrogen (secondary N) is 2. The van der Waals surface area contributed by atoms with Crippen molar-refractivity contribution in [3.63, 3.8) is 0 Å². The van der Waals surface area contributed by atoms with Crippen molar-refractivity contribution >= 4 is 33.9 Å². The highest BCUT2D eigenvalue weighted by molar-refractivity contribution is 7.16. The number of amides is 1. The van der Waals surface area contributed by atoms with Gasteiger partial charge >= 0.3 is 0 Å². The van der Waals surface area contributed by atoms with Crippen molar-refractivity contribution in [2.24, 2.45) is 5.41 Å². The molecule has 0 aromatic carbocycles. The second-order valence-electron chi connectivity index (χ2n) is 7.87. The summed E-state index contributed by atoms with van der Waals surface area (Å²) in [6, 6.07) is 1.37. The number of hydrogen-bond acceptors (Lipinski definition) is 6. The molecule has 2 aromatic rings. The molecule has 0 saturated heterocycles. The number of nitrogens with zero attached hydrogens (tertiary/aromatic N) is 1. The third kappa shape index (κ3) is 3.25. The molecular weight excluding hydrogens is 366 g/mol. The SMILES string of the molecule is CC1(C)CC(=O)c2cc(C(=O)Nc3nc4c(s3)CCCC4=O)c(=O)[nH]c2C1.